The predicted molar refractivity (Wildman–Crippen MR) is 84.7 cm³/mol. The Balaban J connectivity index is 1.84. The van der Waals surface area contributed by atoms with Crippen LogP contribution in [-0.4, -0.2) is 31.0 Å². The van der Waals surface area contributed by atoms with E-state index in [1.165, 1.54) is 5.56 Å². The van der Waals surface area contributed by atoms with E-state index in [0.29, 0.717) is 13.2 Å². The molecule has 0 saturated carbocycles. The number of hydrogen-bond donors (Lipinski definition) is 0. The van der Waals surface area contributed by atoms with Crippen LogP contribution >= 0.6 is 0 Å². The average Bonchev–Trinajstić information content (AvgIpc) is 2.55. The maximum atomic E-state index is 12.3. The van der Waals surface area contributed by atoms with Gasteiger partial charge in [0.05, 0.1) is 6.54 Å². The third-order valence-corrected chi connectivity index (χ3v) is 3.39. The smallest absolute Gasteiger partial charge is 0.253 e. The molecule has 0 fully saturated rings. The summed E-state index contributed by atoms with van der Waals surface area (Å²) in [5, 5.41) is 0. The van der Waals surface area contributed by atoms with Crippen molar-refractivity contribution >= 4 is 5.91 Å². The van der Waals surface area contributed by atoms with Crippen LogP contribution in [-0.2, 0) is 6.42 Å². The molecule has 0 atom stereocenters. The molecule has 3 heteroatoms. The highest BCUT2D eigenvalue weighted by molar-refractivity contribution is 5.94. The van der Waals surface area contributed by atoms with E-state index in [1.54, 1.807) is 11.9 Å². The maximum Gasteiger partial charge on any atom is 0.253 e. The monoisotopic (exact) mass is 283 g/mol. The molecule has 2 aromatic carbocycles. The summed E-state index contributed by atoms with van der Waals surface area (Å²) >= 11 is 0. The lowest BCUT2D eigenvalue weighted by Gasteiger charge is -2.17. The Morgan fingerprint density at radius 3 is 2.33 bits per heavy atom. The number of amides is 1. The van der Waals surface area contributed by atoms with E-state index in [-0.39, 0.29) is 5.91 Å². The van der Waals surface area contributed by atoms with E-state index >= 15 is 0 Å². The topological polar surface area (TPSA) is 29.5 Å². The standard InChI is InChI=1S/C18H21NO2/c1-3-15-9-11-16(12-10-15)18(20)19(2)13-14-21-17-7-5-4-6-8-17/h4-12H,3,13-14H2,1-2H3. The number of rotatable bonds is 6. The van der Waals surface area contributed by atoms with Crippen molar-refractivity contribution in [1.29, 1.82) is 0 Å². The minimum absolute atomic E-state index is 0.0225. The van der Waals surface area contributed by atoms with Crippen LogP contribution < -0.4 is 4.74 Å². The summed E-state index contributed by atoms with van der Waals surface area (Å²) in [6.07, 6.45) is 0.981. The summed E-state index contributed by atoms with van der Waals surface area (Å²) in [4.78, 5) is 13.9. The molecule has 0 aromatic heterocycles. The first-order valence-electron chi connectivity index (χ1n) is 7.23. The molecular formula is C18H21NO2. The lowest BCUT2D eigenvalue weighted by atomic mass is 10.1. The second-order valence-corrected chi connectivity index (χ2v) is 4.94. The van der Waals surface area contributed by atoms with Gasteiger partial charge in [0.15, 0.2) is 0 Å². The largest absolute Gasteiger partial charge is 0.492 e. The SMILES string of the molecule is CCc1ccc(C(=O)N(C)CCOc2ccccc2)cc1. The number of carbonyl (C=O) groups is 1. The number of hydrogen-bond acceptors (Lipinski definition) is 2. The summed E-state index contributed by atoms with van der Waals surface area (Å²) < 4.78 is 5.61. The molecule has 3 nitrogen and oxygen atoms in total. The predicted octanol–water partition coefficient (Wildman–Crippen LogP) is 3.40. The minimum atomic E-state index is 0.0225. The molecule has 0 spiro atoms. The van der Waals surface area contributed by atoms with E-state index in [2.05, 4.69) is 6.92 Å². The first kappa shape index (κ1) is 15.1. The van der Waals surface area contributed by atoms with Crippen molar-refractivity contribution in [1.82, 2.24) is 4.90 Å². The fourth-order valence-corrected chi connectivity index (χ4v) is 2.02. The Labute approximate surface area is 126 Å². The summed E-state index contributed by atoms with van der Waals surface area (Å²) in [7, 11) is 1.80. The number of aryl methyl sites for hydroxylation is 1. The van der Waals surface area contributed by atoms with E-state index in [0.717, 1.165) is 17.7 Å². The highest BCUT2D eigenvalue weighted by Crippen LogP contribution is 2.09. The quantitative estimate of drug-likeness (QED) is 0.813. The molecule has 2 rings (SSSR count). The van der Waals surface area contributed by atoms with Gasteiger partial charge in [0.1, 0.15) is 12.4 Å². The Bertz CT molecular complexity index is 564. The van der Waals surface area contributed by atoms with Crippen LogP contribution in [0.25, 0.3) is 0 Å². The van der Waals surface area contributed by atoms with Crippen molar-refractivity contribution < 1.29 is 9.53 Å². The fourth-order valence-electron chi connectivity index (χ4n) is 2.02. The minimum Gasteiger partial charge on any atom is -0.492 e. The molecule has 2 aromatic rings. The van der Waals surface area contributed by atoms with Gasteiger partial charge in [-0.15, -0.1) is 0 Å². The van der Waals surface area contributed by atoms with Gasteiger partial charge < -0.3 is 9.64 Å². The van der Waals surface area contributed by atoms with Crippen LogP contribution in [0.4, 0.5) is 0 Å². The van der Waals surface area contributed by atoms with Gasteiger partial charge in [-0.1, -0.05) is 37.3 Å². The summed E-state index contributed by atoms with van der Waals surface area (Å²) in [5.41, 5.74) is 1.95. The zero-order valence-corrected chi connectivity index (χ0v) is 12.6. The molecule has 0 aliphatic heterocycles. The van der Waals surface area contributed by atoms with Crippen molar-refractivity contribution in [3.05, 3.63) is 65.7 Å². The lowest BCUT2D eigenvalue weighted by molar-refractivity contribution is 0.0774. The van der Waals surface area contributed by atoms with Crippen molar-refractivity contribution in [2.45, 2.75) is 13.3 Å². The van der Waals surface area contributed by atoms with Gasteiger partial charge in [-0.25, -0.2) is 0 Å². The molecule has 21 heavy (non-hydrogen) atoms. The molecule has 0 aliphatic rings. The normalized spacial score (nSPS) is 10.2. The van der Waals surface area contributed by atoms with Crippen LogP contribution in [0, 0.1) is 0 Å². The third kappa shape index (κ3) is 4.35. The zero-order valence-electron chi connectivity index (χ0n) is 12.6. The number of nitrogens with zero attached hydrogens (tertiary/aromatic N) is 1. The molecule has 1 amide bonds. The second kappa shape index (κ2) is 7.48. The molecule has 110 valence electrons. The Kier molecular flexibility index (Phi) is 5.38. The first-order valence-corrected chi connectivity index (χ1v) is 7.23. The molecule has 0 radical (unpaired) electrons. The average molecular weight is 283 g/mol. The van der Waals surface area contributed by atoms with E-state index < -0.39 is 0 Å². The van der Waals surface area contributed by atoms with E-state index in [1.807, 2.05) is 54.6 Å². The number of para-hydroxylation sites is 1. The van der Waals surface area contributed by atoms with Gasteiger partial charge in [-0.05, 0) is 36.2 Å². The van der Waals surface area contributed by atoms with Gasteiger partial charge in [-0.3, -0.25) is 4.79 Å². The van der Waals surface area contributed by atoms with Gasteiger partial charge in [0.25, 0.3) is 5.91 Å². The number of ether oxygens (including phenoxy) is 1. The van der Waals surface area contributed by atoms with Crippen LogP contribution in [0.15, 0.2) is 54.6 Å². The van der Waals surface area contributed by atoms with E-state index in [9.17, 15) is 4.79 Å². The molecular weight excluding hydrogens is 262 g/mol. The first-order chi connectivity index (χ1) is 10.2. The second-order valence-electron chi connectivity index (χ2n) is 4.94. The van der Waals surface area contributed by atoms with Crippen LogP contribution in [0.2, 0.25) is 0 Å². The van der Waals surface area contributed by atoms with Gasteiger partial charge >= 0.3 is 0 Å². The van der Waals surface area contributed by atoms with E-state index in [4.69, 9.17) is 4.74 Å². The number of benzene rings is 2. The summed E-state index contributed by atoms with van der Waals surface area (Å²) in [5.74, 6) is 0.847. The van der Waals surface area contributed by atoms with Gasteiger partial charge in [0.2, 0.25) is 0 Å². The van der Waals surface area contributed by atoms with Crippen LogP contribution in [0.5, 0.6) is 5.75 Å². The van der Waals surface area contributed by atoms with Crippen molar-refractivity contribution in [2.75, 3.05) is 20.2 Å². The Hall–Kier alpha value is -2.29. The highest BCUT2D eigenvalue weighted by Gasteiger charge is 2.11. The molecule has 0 N–H and O–H groups in total. The summed E-state index contributed by atoms with van der Waals surface area (Å²) in [6.45, 7) is 3.15. The Morgan fingerprint density at radius 1 is 1.05 bits per heavy atom. The van der Waals surface area contributed by atoms with Crippen molar-refractivity contribution in [3.8, 4) is 5.75 Å². The molecule has 0 unspecified atom stereocenters. The fraction of sp³-hybridized carbons (Fsp3) is 0.278. The zero-order chi connectivity index (χ0) is 15.1. The molecule has 0 heterocycles. The summed E-state index contributed by atoms with van der Waals surface area (Å²) in [6, 6.07) is 17.4. The van der Waals surface area contributed by atoms with Crippen LogP contribution in [0.3, 0.4) is 0 Å². The Morgan fingerprint density at radius 2 is 1.71 bits per heavy atom. The van der Waals surface area contributed by atoms with Gasteiger partial charge in [-0.2, -0.15) is 0 Å². The van der Waals surface area contributed by atoms with Crippen molar-refractivity contribution in [2.24, 2.45) is 0 Å². The highest BCUT2D eigenvalue weighted by atomic mass is 16.5. The van der Waals surface area contributed by atoms with Gasteiger partial charge in [0, 0.05) is 12.6 Å². The molecule has 0 saturated heterocycles. The lowest BCUT2D eigenvalue weighted by Crippen LogP contribution is -2.30. The number of carbonyl (C=O) groups excluding carboxylic acids is 1. The van der Waals surface area contributed by atoms with Crippen molar-refractivity contribution in [3.63, 3.8) is 0 Å². The molecule has 0 bridgehead atoms. The maximum absolute atomic E-state index is 12.3. The third-order valence-electron chi connectivity index (χ3n) is 3.39. The molecule has 0 aliphatic carbocycles. The van der Waals surface area contributed by atoms with Crippen LogP contribution in [0.1, 0.15) is 22.8 Å². The number of likely N-dealkylation sites (N-methyl/N-ethyl adjacent to an activating group) is 1.